The van der Waals surface area contributed by atoms with E-state index in [0.29, 0.717) is 10.6 Å². The third-order valence-electron chi connectivity index (χ3n) is 2.98. The normalized spacial score (nSPS) is 19.4. The fourth-order valence-corrected chi connectivity index (χ4v) is 2.43. The third-order valence-corrected chi connectivity index (χ3v) is 3.81. The molecule has 1 amide bonds. The first kappa shape index (κ1) is 11.5. The van der Waals surface area contributed by atoms with Crippen molar-refractivity contribution in [1.29, 1.82) is 0 Å². The SMILES string of the molecule is Cc1nnsc1C(=O)NC1(C)CCNCC1. The van der Waals surface area contributed by atoms with Crippen LogP contribution in [0.4, 0.5) is 0 Å². The highest BCUT2D eigenvalue weighted by molar-refractivity contribution is 7.08. The van der Waals surface area contributed by atoms with Crippen LogP contribution in [0.15, 0.2) is 0 Å². The molecule has 16 heavy (non-hydrogen) atoms. The number of nitrogens with one attached hydrogen (secondary N) is 2. The Hall–Kier alpha value is -1.01. The van der Waals surface area contributed by atoms with E-state index in [-0.39, 0.29) is 11.4 Å². The second kappa shape index (κ2) is 4.47. The van der Waals surface area contributed by atoms with Crippen LogP contribution in [0, 0.1) is 6.92 Å². The maximum Gasteiger partial charge on any atom is 0.265 e. The minimum atomic E-state index is -0.0984. The van der Waals surface area contributed by atoms with Crippen LogP contribution < -0.4 is 10.6 Å². The highest BCUT2D eigenvalue weighted by Crippen LogP contribution is 2.19. The zero-order chi connectivity index (χ0) is 11.6. The Bertz CT molecular complexity index is 384. The number of amides is 1. The first-order chi connectivity index (χ1) is 7.61. The molecule has 0 aliphatic carbocycles. The summed E-state index contributed by atoms with van der Waals surface area (Å²) in [5.41, 5.74) is 0.610. The lowest BCUT2D eigenvalue weighted by molar-refractivity contribution is 0.0891. The van der Waals surface area contributed by atoms with E-state index >= 15 is 0 Å². The van der Waals surface area contributed by atoms with E-state index in [9.17, 15) is 4.79 Å². The zero-order valence-electron chi connectivity index (χ0n) is 9.54. The van der Waals surface area contributed by atoms with E-state index in [1.54, 1.807) is 0 Å². The smallest absolute Gasteiger partial charge is 0.265 e. The fraction of sp³-hybridized carbons (Fsp3) is 0.700. The van der Waals surface area contributed by atoms with Gasteiger partial charge in [-0.05, 0) is 51.3 Å². The number of rotatable bonds is 2. The van der Waals surface area contributed by atoms with E-state index in [4.69, 9.17) is 0 Å². The summed E-state index contributed by atoms with van der Waals surface area (Å²) in [6.07, 6.45) is 1.92. The van der Waals surface area contributed by atoms with Crippen LogP contribution in [0.25, 0.3) is 0 Å². The second-order valence-corrected chi connectivity index (χ2v) is 5.21. The van der Waals surface area contributed by atoms with Crippen LogP contribution >= 0.6 is 11.5 Å². The molecule has 0 atom stereocenters. The number of carbonyl (C=O) groups is 1. The van der Waals surface area contributed by atoms with Gasteiger partial charge in [-0.25, -0.2) is 0 Å². The summed E-state index contributed by atoms with van der Waals surface area (Å²) >= 11 is 1.16. The predicted octanol–water partition coefficient (Wildman–Crippen LogP) is 0.718. The van der Waals surface area contributed by atoms with E-state index in [0.717, 1.165) is 37.5 Å². The van der Waals surface area contributed by atoms with Crippen LogP contribution in [0.3, 0.4) is 0 Å². The van der Waals surface area contributed by atoms with E-state index < -0.39 is 0 Å². The standard InChI is InChI=1S/C10H16N4OS/c1-7-8(16-14-13-7)9(15)12-10(2)3-5-11-6-4-10/h11H,3-6H2,1-2H3,(H,12,15). The predicted molar refractivity (Wildman–Crippen MR) is 62.6 cm³/mol. The molecule has 2 rings (SSSR count). The fourth-order valence-electron chi connectivity index (χ4n) is 1.87. The highest BCUT2D eigenvalue weighted by Gasteiger charge is 2.29. The van der Waals surface area contributed by atoms with Gasteiger partial charge in [0.25, 0.3) is 5.91 Å². The Kier molecular flexibility index (Phi) is 3.20. The molecule has 2 N–H and O–H groups in total. The monoisotopic (exact) mass is 240 g/mol. The molecule has 1 aliphatic heterocycles. The van der Waals surface area contributed by atoms with Gasteiger partial charge in [0, 0.05) is 5.54 Å². The Labute approximate surface area is 98.8 Å². The van der Waals surface area contributed by atoms with Crippen molar-refractivity contribution in [2.75, 3.05) is 13.1 Å². The average Bonchev–Trinajstić information content (AvgIpc) is 2.65. The number of piperidine rings is 1. The summed E-state index contributed by atoms with van der Waals surface area (Å²) in [4.78, 5) is 12.6. The van der Waals surface area contributed by atoms with Crippen molar-refractivity contribution in [3.05, 3.63) is 10.6 Å². The van der Waals surface area contributed by atoms with Crippen molar-refractivity contribution in [3.8, 4) is 0 Å². The van der Waals surface area contributed by atoms with Crippen LogP contribution in [-0.4, -0.2) is 34.1 Å². The first-order valence-corrected chi connectivity index (χ1v) is 6.20. The molecular formula is C10H16N4OS. The highest BCUT2D eigenvalue weighted by atomic mass is 32.1. The van der Waals surface area contributed by atoms with Gasteiger partial charge in [0.1, 0.15) is 4.88 Å². The molecule has 0 unspecified atom stereocenters. The lowest BCUT2D eigenvalue weighted by atomic mass is 9.90. The average molecular weight is 240 g/mol. The Morgan fingerprint density at radius 3 is 2.75 bits per heavy atom. The molecule has 0 bridgehead atoms. The molecule has 0 spiro atoms. The van der Waals surface area contributed by atoms with Crippen LogP contribution in [-0.2, 0) is 0 Å². The summed E-state index contributed by atoms with van der Waals surface area (Å²) in [5, 5.41) is 10.2. The molecule has 6 heteroatoms. The summed E-state index contributed by atoms with van der Waals surface area (Å²) in [5.74, 6) is -0.0445. The van der Waals surface area contributed by atoms with Crippen molar-refractivity contribution >= 4 is 17.4 Å². The molecule has 5 nitrogen and oxygen atoms in total. The van der Waals surface area contributed by atoms with Gasteiger partial charge in [0.2, 0.25) is 0 Å². The molecule has 1 aromatic heterocycles. The molecule has 2 heterocycles. The van der Waals surface area contributed by atoms with Gasteiger partial charge in [-0.15, -0.1) is 5.10 Å². The topological polar surface area (TPSA) is 66.9 Å². The third kappa shape index (κ3) is 2.38. The maximum atomic E-state index is 12.0. The van der Waals surface area contributed by atoms with Gasteiger partial charge in [0.15, 0.2) is 0 Å². The Morgan fingerprint density at radius 1 is 1.50 bits per heavy atom. The van der Waals surface area contributed by atoms with Crippen LogP contribution in [0.1, 0.15) is 35.1 Å². The summed E-state index contributed by atoms with van der Waals surface area (Å²) in [6.45, 7) is 5.81. The van der Waals surface area contributed by atoms with E-state index in [2.05, 4.69) is 27.1 Å². The lowest BCUT2D eigenvalue weighted by Crippen LogP contribution is -2.52. The summed E-state index contributed by atoms with van der Waals surface area (Å²) in [7, 11) is 0. The van der Waals surface area contributed by atoms with Gasteiger partial charge in [-0.1, -0.05) is 4.49 Å². The molecule has 1 fully saturated rings. The number of aryl methyl sites for hydroxylation is 1. The molecule has 88 valence electrons. The number of hydrogen-bond donors (Lipinski definition) is 2. The van der Waals surface area contributed by atoms with E-state index in [1.807, 2.05) is 6.92 Å². The number of hydrogen-bond acceptors (Lipinski definition) is 5. The van der Waals surface area contributed by atoms with Gasteiger partial charge >= 0.3 is 0 Å². The Balaban J connectivity index is 2.04. The molecular weight excluding hydrogens is 224 g/mol. The molecule has 1 aromatic rings. The number of nitrogens with zero attached hydrogens (tertiary/aromatic N) is 2. The summed E-state index contributed by atoms with van der Waals surface area (Å²) < 4.78 is 3.78. The van der Waals surface area contributed by atoms with Crippen molar-refractivity contribution in [2.24, 2.45) is 0 Å². The van der Waals surface area contributed by atoms with Gasteiger partial charge in [-0.2, -0.15) is 0 Å². The van der Waals surface area contributed by atoms with Crippen molar-refractivity contribution in [3.63, 3.8) is 0 Å². The second-order valence-electron chi connectivity index (χ2n) is 4.45. The lowest BCUT2D eigenvalue weighted by Gasteiger charge is -2.34. The van der Waals surface area contributed by atoms with Crippen LogP contribution in [0.2, 0.25) is 0 Å². The van der Waals surface area contributed by atoms with Crippen molar-refractivity contribution in [1.82, 2.24) is 20.2 Å². The molecule has 0 aromatic carbocycles. The van der Waals surface area contributed by atoms with Crippen LogP contribution in [0.5, 0.6) is 0 Å². The van der Waals surface area contributed by atoms with Gasteiger partial charge in [0.05, 0.1) is 5.69 Å². The molecule has 0 radical (unpaired) electrons. The zero-order valence-corrected chi connectivity index (χ0v) is 10.4. The largest absolute Gasteiger partial charge is 0.346 e. The molecule has 0 saturated carbocycles. The van der Waals surface area contributed by atoms with E-state index in [1.165, 1.54) is 0 Å². The van der Waals surface area contributed by atoms with Gasteiger partial charge in [-0.3, -0.25) is 4.79 Å². The minimum absolute atomic E-state index is 0.0445. The minimum Gasteiger partial charge on any atom is -0.346 e. The Morgan fingerprint density at radius 2 is 2.19 bits per heavy atom. The molecule has 1 aliphatic rings. The van der Waals surface area contributed by atoms with Gasteiger partial charge < -0.3 is 10.6 Å². The number of aromatic nitrogens is 2. The first-order valence-electron chi connectivity index (χ1n) is 5.43. The van der Waals surface area contributed by atoms with Crippen molar-refractivity contribution < 1.29 is 4.79 Å². The number of carbonyl (C=O) groups excluding carboxylic acids is 1. The van der Waals surface area contributed by atoms with Crippen molar-refractivity contribution in [2.45, 2.75) is 32.2 Å². The summed E-state index contributed by atoms with van der Waals surface area (Å²) in [6, 6.07) is 0. The maximum absolute atomic E-state index is 12.0. The molecule has 1 saturated heterocycles. The quantitative estimate of drug-likeness (QED) is 0.799.